The smallest absolute Gasteiger partial charge is 0.271 e. The Hall–Kier alpha value is -0.780. The lowest BCUT2D eigenvalue weighted by Crippen LogP contribution is -2.43. The monoisotopic (exact) mass is 320 g/mol. The molecule has 0 saturated heterocycles. The van der Waals surface area contributed by atoms with E-state index in [2.05, 4.69) is 5.43 Å². The minimum Gasteiger partial charge on any atom is -0.271 e. The number of hydrogen-bond donors (Lipinski definition) is 2. The second-order valence-electron chi connectivity index (χ2n) is 5.75. The van der Waals surface area contributed by atoms with Crippen LogP contribution in [0.25, 0.3) is 0 Å². The van der Waals surface area contributed by atoms with E-state index < -0.39 is 24.1 Å². The fraction of sp³-hybridized carbons (Fsp3) is 0.600. The quantitative estimate of drug-likeness (QED) is 0.634. The molecule has 118 valence electrons. The van der Waals surface area contributed by atoms with E-state index in [0.29, 0.717) is 23.4 Å². The summed E-state index contributed by atoms with van der Waals surface area (Å²) in [7, 11) is 0. The summed E-state index contributed by atoms with van der Waals surface area (Å²) < 4.78 is 39.8. The molecule has 0 amide bonds. The Labute approximate surface area is 127 Å². The van der Waals surface area contributed by atoms with Crippen molar-refractivity contribution in [1.82, 2.24) is 5.43 Å². The van der Waals surface area contributed by atoms with E-state index in [0.717, 1.165) is 12.0 Å². The third-order valence-electron chi connectivity index (χ3n) is 4.40. The zero-order valence-electron chi connectivity index (χ0n) is 11.9. The van der Waals surface area contributed by atoms with Gasteiger partial charge < -0.3 is 0 Å². The van der Waals surface area contributed by atoms with E-state index in [1.165, 1.54) is 0 Å². The van der Waals surface area contributed by atoms with E-state index in [4.69, 9.17) is 17.4 Å². The van der Waals surface area contributed by atoms with Crippen molar-refractivity contribution < 1.29 is 13.2 Å². The topological polar surface area (TPSA) is 38.0 Å². The van der Waals surface area contributed by atoms with Gasteiger partial charge in [0.25, 0.3) is 0 Å². The van der Waals surface area contributed by atoms with Gasteiger partial charge in [-0.2, -0.15) is 13.2 Å². The van der Waals surface area contributed by atoms with Gasteiger partial charge >= 0.3 is 6.18 Å². The summed E-state index contributed by atoms with van der Waals surface area (Å²) in [5.41, 5.74) is 4.19. The molecule has 1 aromatic carbocycles. The average molecular weight is 321 g/mol. The molecule has 6 heteroatoms. The van der Waals surface area contributed by atoms with Crippen LogP contribution in [0, 0.1) is 18.8 Å². The van der Waals surface area contributed by atoms with Gasteiger partial charge in [0, 0.05) is 11.1 Å². The molecule has 2 rings (SSSR count). The molecule has 0 bridgehead atoms. The highest BCUT2D eigenvalue weighted by atomic mass is 35.5. The van der Waals surface area contributed by atoms with Crippen LogP contribution < -0.4 is 11.3 Å². The molecular weight excluding hydrogens is 301 g/mol. The number of alkyl halides is 3. The van der Waals surface area contributed by atoms with Gasteiger partial charge in [-0.15, -0.1) is 0 Å². The Morgan fingerprint density at radius 1 is 1.29 bits per heavy atom. The molecule has 2 nitrogen and oxygen atoms in total. The summed E-state index contributed by atoms with van der Waals surface area (Å²) in [6.07, 6.45) is -2.08. The van der Waals surface area contributed by atoms with Crippen LogP contribution in [0.15, 0.2) is 18.2 Å². The first-order valence-electron chi connectivity index (χ1n) is 7.13. The number of halogens is 4. The molecule has 0 aliphatic heterocycles. The van der Waals surface area contributed by atoms with Crippen molar-refractivity contribution in [2.45, 2.75) is 44.8 Å². The lowest BCUT2D eigenvalue weighted by atomic mass is 9.73. The second-order valence-corrected chi connectivity index (χ2v) is 6.16. The molecule has 1 aliphatic rings. The van der Waals surface area contributed by atoms with E-state index in [1.54, 1.807) is 12.1 Å². The van der Waals surface area contributed by atoms with Crippen LogP contribution in [0.1, 0.15) is 42.9 Å². The Balaban J connectivity index is 2.31. The van der Waals surface area contributed by atoms with Gasteiger partial charge in [-0.1, -0.05) is 36.6 Å². The molecule has 0 heterocycles. The van der Waals surface area contributed by atoms with E-state index in [-0.39, 0.29) is 6.42 Å². The summed E-state index contributed by atoms with van der Waals surface area (Å²) in [5.74, 6) is 3.70. The normalized spacial score (nSPS) is 24.9. The Morgan fingerprint density at radius 2 is 1.95 bits per heavy atom. The number of hydrogen-bond acceptors (Lipinski definition) is 2. The number of rotatable bonds is 3. The maximum absolute atomic E-state index is 13.3. The van der Waals surface area contributed by atoms with Crippen molar-refractivity contribution in [3.05, 3.63) is 34.3 Å². The molecule has 0 spiro atoms. The van der Waals surface area contributed by atoms with Crippen LogP contribution in [-0.4, -0.2) is 6.18 Å². The molecule has 0 aromatic heterocycles. The summed E-state index contributed by atoms with van der Waals surface area (Å²) in [6, 6.07) is 4.79. The summed E-state index contributed by atoms with van der Waals surface area (Å²) in [5, 5.41) is 0.548. The van der Waals surface area contributed by atoms with Crippen molar-refractivity contribution in [2.24, 2.45) is 17.7 Å². The Bertz CT molecular complexity index is 490. The van der Waals surface area contributed by atoms with Gasteiger partial charge in [-0.25, -0.2) is 0 Å². The maximum Gasteiger partial charge on any atom is 0.392 e. The standard InChI is InChI=1S/C15H20ClF3N2/c1-9-6-7-10(8-13(9)16)14(21-20)11-4-2-3-5-12(11)15(17,18)19/h6-8,11-12,14,21H,2-5,20H2,1H3. The van der Waals surface area contributed by atoms with Gasteiger partial charge in [0.2, 0.25) is 0 Å². The first kappa shape index (κ1) is 16.6. The molecule has 1 saturated carbocycles. The predicted octanol–water partition coefficient (Wildman–Crippen LogP) is 4.52. The van der Waals surface area contributed by atoms with E-state index in [9.17, 15) is 13.2 Å². The van der Waals surface area contributed by atoms with Crippen molar-refractivity contribution >= 4 is 11.6 Å². The van der Waals surface area contributed by atoms with Crippen LogP contribution in [0.4, 0.5) is 13.2 Å². The predicted molar refractivity (Wildman–Crippen MR) is 77.8 cm³/mol. The Kier molecular flexibility index (Phi) is 5.17. The van der Waals surface area contributed by atoms with Gasteiger partial charge in [0.1, 0.15) is 0 Å². The maximum atomic E-state index is 13.3. The SMILES string of the molecule is Cc1ccc(C(NN)C2CCCCC2C(F)(F)F)cc1Cl. The zero-order chi connectivity index (χ0) is 15.6. The molecular formula is C15H20ClF3N2. The van der Waals surface area contributed by atoms with Crippen LogP contribution in [0.2, 0.25) is 5.02 Å². The highest BCUT2D eigenvalue weighted by molar-refractivity contribution is 6.31. The van der Waals surface area contributed by atoms with Crippen molar-refractivity contribution in [3.63, 3.8) is 0 Å². The highest BCUT2D eigenvalue weighted by Gasteiger charge is 2.48. The minimum atomic E-state index is -4.19. The van der Waals surface area contributed by atoms with Gasteiger partial charge in [0.15, 0.2) is 0 Å². The molecule has 3 atom stereocenters. The highest BCUT2D eigenvalue weighted by Crippen LogP contribution is 2.46. The van der Waals surface area contributed by atoms with Crippen molar-refractivity contribution in [2.75, 3.05) is 0 Å². The molecule has 1 aromatic rings. The summed E-state index contributed by atoms with van der Waals surface area (Å²) >= 11 is 6.09. The second kappa shape index (κ2) is 6.55. The van der Waals surface area contributed by atoms with Crippen LogP contribution >= 0.6 is 11.6 Å². The van der Waals surface area contributed by atoms with Gasteiger partial charge in [0.05, 0.1) is 5.92 Å². The average Bonchev–Trinajstić information content (AvgIpc) is 2.43. The van der Waals surface area contributed by atoms with E-state index in [1.807, 2.05) is 13.0 Å². The van der Waals surface area contributed by atoms with E-state index >= 15 is 0 Å². The molecule has 1 aliphatic carbocycles. The minimum absolute atomic E-state index is 0.173. The molecule has 3 unspecified atom stereocenters. The number of aryl methyl sites for hydroxylation is 1. The van der Waals surface area contributed by atoms with Gasteiger partial charge in [-0.05, 0) is 42.9 Å². The number of hydrazine groups is 1. The number of benzene rings is 1. The molecule has 21 heavy (non-hydrogen) atoms. The molecule has 0 radical (unpaired) electrons. The summed E-state index contributed by atoms with van der Waals surface area (Å²) in [4.78, 5) is 0. The van der Waals surface area contributed by atoms with Crippen molar-refractivity contribution in [1.29, 1.82) is 0 Å². The third-order valence-corrected chi connectivity index (χ3v) is 4.81. The Morgan fingerprint density at radius 3 is 2.52 bits per heavy atom. The molecule has 1 fully saturated rings. The first-order chi connectivity index (χ1) is 9.84. The fourth-order valence-electron chi connectivity index (χ4n) is 3.23. The molecule has 3 N–H and O–H groups in total. The fourth-order valence-corrected chi connectivity index (χ4v) is 3.42. The van der Waals surface area contributed by atoms with Crippen LogP contribution in [-0.2, 0) is 0 Å². The largest absolute Gasteiger partial charge is 0.392 e. The third kappa shape index (κ3) is 3.71. The summed E-state index contributed by atoms with van der Waals surface area (Å²) in [6.45, 7) is 1.86. The zero-order valence-corrected chi connectivity index (χ0v) is 12.6. The van der Waals surface area contributed by atoms with Crippen LogP contribution in [0.5, 0.6) is 0 Å². The first-order valence-corrected chi connectivity index (χ1v) is 7.51. The lowest BCUT2D eigenvalue weighted by Gasteiger charge is -2.38. The number of nitrogens with one attached hydrogen (secondary N) is 1. The van der Waals surface area contributed by atoms with Gasteiger partial charge in [-0.3, -0.25) is 11.3 Å². The lowest BCUT2D eigenvalue weighted by molar-refractivity contribution is -0.199. The van der Waals surface area contributed by atoms with Crippen LogP contribution in [0.3, 0.4) is 0 Å². The van der Waals surface area contributed by atoms with Crippen molar-refractivity contribution in [3.8, 4) is 0 Å². The number of nitrogens with two attached hydrogens (primary N) is 1.